The largest absolute Gasteiger partial charge is 0.324 e. The summed E-state index contributed by atoms with van der Waals surface area (Å²) in [6.07, 6.45) is 18.7. The molecule has 0 fully saturated rings. The molecular weight excluding hydrogens is 266 g/mol. The van der Waals surface area contributed by atoms with Crippen molar-refractivity contribution in [3.05, 3.63) is 0 Å². The maximum absolute atomic E-state index is 2.40. The molecule has 0 aliphatic heterocycles. The molecule has 0 aromatic carbocycles. The number of nitrogens with zero attached hydrogens (tertiary/aromatic N) is 1. The summed E-state index contributed by atoms with van der Waals surface area (Å²) in [6, 6.07) is 0. The Morgan fingerprint density at radius 3 is 1.05 bits per heavy atom. The Hall–Kier alpha value is -0.0400. The SMILES string of the molecule is CCCCCCCCC[N+](CC)(CC)CCCCCCCC. The zero-order valence-electron chi connectivity index (χ0n) is 16.5. The van der Waals surface area contributed by atoms with Crippen molar-refractivity contribution in [2.24, 2.45) is 0 Å². The van der Waals surface area contributed by atoms with Crippen LogP contribution in [0.2, 0.25) is 0 Å². The highest BCUT2D eigenvalue weighted by molar-refractivity contribution is 4.49. The van der Waals surface area contributed by atoms with E-state index in [1.807, 2.05) is 0 Å². The van der Waals surface area contributed by atoms with Gasteiger partial charge in [0.1, 0.15) is 0 Å². The van der Waals surface area contributed by atoms with Gasteiger partial charge in [-0.15, -0.1) is 0 Å². The second-order valence-electron chi connectivity index (χ2n) is 7.31. The molecule has 0 heterocycles. The van der Waals surface area contributed by atoms with E-state index in [1.54, 1.807) is 0 Å². The molecule has 22 heavy (non-hydrogen) atoms. The first-order valence-corrected chi connectivity index (χ1v) is 10.6. The zero-order chi connectivity index (χ0) is 16.5. The second kappa shape index (κ2) is 15.8. The topological polar surface area (TPSA) is 0 Å². The molecule has 0 spiro atoms. The molecule has 0 unspecified atom stereocenters. The molecule has 0 radical (unpaired) electrons. The maximum atomic E-state index is 2.40. The highest BCUT2D eigenvalue weighted by Crippen LogP contribution is 2.15. The fourth-order valence-electron chi connectivity index (χ4n) is 3.60. The first kappa shape index (κ1) is 22.0. The van der Waals surface area contributed by atoms with Crippen molar-refractivity contribution in [3.63, 3.8) is 0 Å². The maximum Gasteiger partial charge on any atom is 0.0786 e. The predicted octanol–water partition coefficient (Wildman–Crippen LogP) is 6.95. The standard InChI is InChI=1S/C21H46N/c1-5-9-11-13-15-17-19-21-22(7-3,8-4)20-18-16-14-12-10-6-2/h5-21H2,1-4H3/q+1. The molecule has 0 aromatic heterocycles. The average Bonchev–Trinajstić information content (AvgIpc) is 2.55. The lowest BCUT2D eigenvalue weighted by molar-refractivity contribution is -0.925. The lowest BCUT2D eigenvalue weighted by Gasteiger charge is -2.37. The molecule has 0 aromatic rings. The first-order chi connectivity index (χ1) is 10.7. The van der Waals surface area contributed by atoms with Gasteiger partial charge in [-0.2, -0.15) is 0 Å². The fraction of sp³-hybridized carbons (Fsp3) is 1.00. The van der Waals surface area contributed by atoms with E-state index in [2.05, 4.69) is 27.7 Å². The Morgan fingerprint density at radius 2 is 0.727 bits per heavy atom. The molecule has 0 amide bonds. The van der Waals surface area contributed by atoms with Gasteiger partial charge < -0.3 is 4.48 Å². The third kappa shape index (κ3) is 11.5. The molecule has 0 saturated heterocycles. The van der Waals surface area contributed by atoms with Crippen molar-refractivity contribution >= 4 is 0 Å². The monoisotopic (exact) mass is 312 g/mol. The molecule has 0 rings (SSSR count). The van der Waals surface area contributed by atoms with Gasteiger partial charge in [0, 0.05) is 0 Å². The summed E-state index contributed by atoms with van der Waals surface area (Å²) in [6.45, 7) is 14.9. The van der Waals surface area contributed by atoms with E-state index in [4.69, 9.17) is 0 Å². The smallest absolute Gasteiger partial charge is 0.0786 e. The Balaban J connectivity index is 3.76. The predicted molar refractivity (Wildman–Crippen MR) is 102 cm³/mol. The van der Waals surface area contributed by atoms with E-state index in [1.165, 1.54) is 114 Å². The number of hydrogen-bond donors (Lipinski definition) is 0. The number of rotatable bonds is 17. The van der Waals surface area contributed by atoms with Gasteiger partial charge in [0.05, 0.1) is 26.2 Å². The molecule has 1 heteroatoms. The van der Waals surface area contributed by atoms with Crippen LogP contribution in [0.5, 0.6) is 0 Å². The molecular formula is C21H46N+. The van der Waals surface area contributed by atoms with E-state index in [-0.39, 0.29) is 0 Å². The van der Waals surface area contributed by atoms with Gasteiger partial charge in [-0.05, 0) is 39.5 Å². The van der Waals surface area contributed by atoms with Gasteiger partial charge in [-0.3, -0.25) is 0 Å². The van der Waals surface area contributed by atoms with Crippen LogP contribution in [0.25, 0.3) is 0 Å². The summed E-state index contributed by atoms with van der Waals surface area (Å²) in [7, 11) is 0. The third-order valence-electron chi connectivity index (χ3n) is 5.56. The van der Waals surface area contributed by atoms with Crippen molar-refractivity contribution in [1.82, 2.24) is 0 Å². The van der Waals surface area contributed by atoms with Gasteiger partial charge in [0.15, 0.2) is 0 Å². The zero-order valence-corrected chi connectivity index (χ0v) is 16.5. The molecule has 0 atom stereocenters. The van der Waals surface area contributed by atoms with Crippen molar-refractivity contribution in [3.8, 4) is 0 Å². The normalized spacial score (nSPS) is 12.0. The van der Waals surface area contributed by atoms with Crippen molar-refractivity contribution in [1.29, 1.82) is 0 Å². The summed E-state index contributed by atoms with van der Waals surface area (Å²) < 4.78 is 1.38. The lowest BCUT2D eigenvalue weighted by Crippen LogP contribution is -2.49. The first-order valence-electron chi connectivity index (χ1n) is 10.6. The van der Waals surface area contributed by atoms with Crippen LogP contribution in [-0.4, -0.2) is 30.7 Å². The minimum atomic E-state index is 1.33. The fourth-order valence-corrected chi connectivity index (χ4v) is 3.60. The van der Waals surface area contributed by atoms with E-state index in [0.717, 1.165) is 0 Å². The van der Waals surface area contributed by atoms with E-state index < -0.39 is 0 Å². The number of hydrogen-bond acceptors (Lipinski definition) is 0. The minimum absolute atomic E-state index is 1.33. The summed E-state index contributed by atoms with van der Waals surface area (Å²) in [5.41, 5.74) is 0. The van der Waals surface area contributed by atoms with Crippen LogP contribution >= 0.6 is 0 Å². The molecule has 0 aliphatic carbocycles. The van der Waals surface area contributed by atoms with Crippen LogP contribution in [-0.2, 0) is 0 Å². The van der Waals surface area contributed by atoms with Gasteiger partial charge >= 0.3 is 0 Å². The summed E-state index contributed by atoms with van der Waals surface area (Å²) >= 11 is 0. The van der Waals surface area contributed by atoms with Crippen LogP contribution in [0.4, 0.5) is 0 Å². The van der Waals surface area contributed by atoms with Gasteiger partial charge in [0.25, 0.3) is 0 Å². The van der Waals surface area contributed by atoms with E-state index >= 15 is 0 Å². The Morgan fingerprint density at radius 1 is 0.409 bits per heavy atom. The van der Waals surface area contributed by atoms with Crippen molar-refractivity contribution < 1.29 is 4.48 Å². The van der Waals surface area contributed by atoms with Gasteiger partial charge in [0.2, 0.25) is 0 Å². The molecule has 0 saturated carbocycles. The second-order valence-corrected chi connectivity index (χ2v) is 7.31. The Kier molecular flexibility index (Phi) is 15.8. The van der Waals surface area contributed by atoms with Crippen LogP contribution in [0.1, 0.15) is 111 Å². The van der Waals surface area contributed by atoms with Crippen LogP contribution in [0, 0.1) is 0 Å². The van der Waals surface area contributed by atoms with Crippen molar-refractivity contribution in [2.45, 2.75) is 111 Å². The van der Waals surface area contributed by atoms with Crippen LogP contribution in [0.15, 0.2) is 0 Å². The average molecular weight is 313 g/mol. The van der Waals surface area contributed by atoms with Gasteiger partial charge in [-0.1, -0.05) is 71.6 Å². The molecule has 1 nitrogen and oxygen atoms in total. The third-order valence-corrected chi connectivity index (χ3v) is 5.56. The summed E-state index contributed by atoms with van der Waals surface area (Å²) in [5.74, 6) is 0. The highest BCUT2D eigenvalue weighted by atomic mass is 15.3. The summed E-state index contributed by atoms with van der Waals surface area (Å²) in [4.78, 5) is 0. The lowest BCUT2D eigenvalue weighted by atomic mass is 10.1. The molecule has 0 aliphatic rings. The Labute approximate surface area is 142 Å². The van der Waals surface area contributed by atoms with Crippen molar-refractivity contribution in [2.75, 3.05) is 26.2 Å². The number of quaternary nitrogens is 1. The summed E-state index contributed by atoms with van der Waals surface area (Å²) in [5, 5.41) is 0. The highest BCUT2D eigenvalue weighted by Gasteiger charge is 2.21. The Bertz CT molecular complexity index is 208. The quantitative estimate of drug-likeness (QED) is 0.201. The van der Waals surface area contributed by atoms with Gasteiger partial charge in [-0.25, -0.2) is 0 Å². The van der Waals surface area contributed by atoms with E-state index in [9.17, 15) is 0 Å². The molecule has 134 valence electrons. The van der Waals surface area contributed by atoms with Crippen LogP contribution < -0.4 is 0 Å². The van der Waals surface area contributed by atoms with Crippen LogP contribution in [0.3, 0.4) is 0 Å². The molecule has 0 N–H and O–H groups in total. The molecule has 0 bridgehead atoms. The number of unbranched alkanes of at least 4 members (excludes halogenated alkanes) is 11. The van der Waals surface area contributed by atoms with E-state index in [0.29, 0.717) is 0 Å². The minimum Gasteiger partial charge on any atom is -0.324 e.